The Morgan fingerprint density at radius 1 is 0.968 bits per heavy atom. The fourth-order valence-corrected chi connectivity index (χ4v) is 4.33. The molecule has 31 heavy (non-hydrogen) atoms. The van der Waals surface area contributed by atoms with Crippen molar-refractivity contribution in [1.82, 2.24) is 9.80 Å². The van der Waals surface area contributed by atoms with Crippen LogP contribution in [0.4, 0.5) is 4.39 Å². The van der Waals surface area contributed by atoms with Gasteiger partial charge in [0, 0.05) is 43.2 Å². The van der Waals surface area contributed by atoms with E-state index in [1.54, 1.807) is 24.0 Å². The summed E-state index contributed by atoms with van der Waals surface area (Å²) in [5, 5.41) is 0. The van der Waals surface area contributed by atoms with Gasteiger partial charge in [-0.05, 0) is 68.5 Å². The molecule has 1 unspecified atom stereocenters. The first-order chi connectivity index (χ1) is 15.0. The first kappa shape index (κ1) is 21.3. The molecule has 2 amide bonds. The Labute approximate surface area is 182 Å². The molecule has 2 aliphatic rings. The summed E-state index contributed by atoms with van der Waals surface area (Å²) in [6.07, 6.45) is 3.99. The summed E-state index contributed by atoms with van der Waals surface area (Å²) in [7, 11) is 0. The van der Waals surface area contributed by atoms with Crippen molar-refractivity contribution in [3.8, 4) is 5.75 Å². The summed E-state index contributed by atoms with van der Waals surface area (Å²) in [6, 6.07) is 12.0. The van der Waals surface area contributed by atoms with E-state index in [2.05, 4.69) is 0 Å². The minimum Gasteiger partial charge on any atom is -0.493 e. The molecular weight excluding hydrogens is 395 g/mol. The third-order valence-corrected chi connectivity index (χ3v) is 6.18. The van der Waals surface area contributed by atoms with Crippen LogP contribution in [0, 0.1) is 18.7 Å². The van der Waals surface area contributed by atoms with Gasteiger partial charge >= 0.3 is 0 Å². The van der Waals surface area contributed by atoms with E-state index in [1.807, 2.05) is 29.2 Å². The van der Waals surface area contributed by atoms with E-state index in [4.69, 9.17) is 4.74 Å². The summed E-state index contributed by atoms with van der Waals surface area (Å²) < 4.78 is 19.9. The highest BCUT2D eigenvalue weighted by molar-refractivity contribution is 5.95. The van der Waals surface area contributed by atoms with E-state index in [-0.39, 0.29) is 23.5 Å². The van der Waals surface area contributed by atoms with Gasteiger partial charge < -0.3 is 14.5 Å². The third kappa shape index (κ3) is 5.06. The van der Waals surface area contributed by atoms with Crippen LogP contribution in [0.5, 0.6) is 5.75 Å². The number of ether oxygens (including phenoxy) is 1. The topological polar surface area (TPSA) is 49.9 Å². The lowest BCUT2D eigenvalue weighted by molar-refractivity contribution is 0.0632. The monoisotopic (exact) mass is 424 g/mol. The SMILES string of the molecule is Cc1ccc(C(=O)N2CCCC(COc3cccc(C(=O)N4CCCC4)c3)C2)cc1F. The number of likely N-dealkylation sites (tertiary alicyclic amines) is 2. The number of rotatable bonds is 5. The molecule has 0 spiro atoms. The minimum absolute atomic E-state index is 0.0581. The number of halogens is 1. The van der Waals surface area contributed by atoms with E-state index >= 15 is 0 Å². The largest absolute Gasteiger partial charge is 0.493 e. The highest BCUT2D eigenvalue weighted by Crippen LogP contribution is 2.23. The minimum atomic E-state index is -0.355. The molecule has 2 aromatic carbocycles. The van der Waals surface area contributed by atoms with Gasteiger partial charge in [0.2, 0.25) is 0 Å². The number of aryl methyl sites for hydroxylation is 1. The van der Waals surface area contributed by atoms with Gasteiger partial charge in [0.25, 0.3) is 11.8 Å². The van der Waals surface area contributed by atoms with Crippen LogP contribution in [0.1, 0.15) is 52.0 Å². The molecule has 1 atom stereocenters. The Morgan fingerprint density at radius 3 is 2.45 bits per heavy atom. The first-order valence-electron chi connectivity index (χ1n) is 11.1. The van der Waals surface area contributed by atoms with Crippen LogP contribution < -0.4 is 4.74 Å². The van der Waals surface area contributed by atoms with Crippen LogP contribution in [0.25, 0.3) is 0 Å². The Bertz CT molecular complexity index is 956. The van der Waals surface area contributed by atoms with Gasteiger partial charge in [-0.15, -0.1) is 0 Å². The van der Waals surface area contributed by atoms with Gasteiger partial charge in [-0.3, -0.25) is 9.59 Å². The lowest BCUT2D eigenvalue weighted by atomic mass is 9.98. The summed E-state index contributed by atoms with van der Waals surface area (Å²) in [5.41, 5.74) is 1.57. The van der Waals surface area contributed by atoms with Crippen molar-refractivity contribution in [2.75, 3.05) is 32.8 Å². The Kier molecular flexibility index (Phi) is 6.54. The van der Waals surface area contributed by atoms with Crippen LogP contribution in [-0.4, -0.2) is 54.4 Å². The molecule has 0 saturated carbocycles. The third-order valence-electron chi connectivity index (χ3n) is 6.18. The molecule has 6 heteroatoms. The zero-order valence-electron chi connectivity index (χ0n) is 18.0. The molecule has 0 aliphatic carbocycles. The van der Waals surface area contributed by atoms with Crippen LogP contribution in [0.3, 0.4) is 0 Å². The maximum atomic E-state index is 13.9. The van der Waals surface area contributed by atoms with E-state index in [0.717, 1.165) is 38.8 Å². The van der Waals surface area contributed by atoms with Crippen molar-refractivity contribution in [2.45, 2.75) is 32.6 Å². The first-order valence-corrected chi connectivity index (χ1v) is 11.1. The predicted molar refractivity (Wildman–Crippen MR) is 117 cm³/mol. The van der Waals surface area contributed by atoms with Gasteiger partial charge in [0.05, 0.1) is 6.61 Å². The highest BCUT2D eigenvalue weighted by atomic mass is 19.1. The van der Waals surface area contributed by atoms with Crippen molar-refractivity contribution in [3.05, 3.63) is 65.0 Å². The van der Waals surface area contributed by atoms with Crippen molar-refractivity contribution in [3.63, 3.8) is 0 Å². The summed E-state index contributed by atoms with van der Waals surface area (Å²) in [6.45, 7) is 5.06. The molecule has 164 valence electrons. The fraction of sp³-hybridized carbons (Fsp3) is 0.440. The molecular formula is C25H29FN2O3. The van der Waals surface area contributed by atoms with Crippen LogP contribution in [0.2, 0.25) is 0 Å². The standard InChI is InChI=1S/C25H29FN2O3/c1-18-9-10-21(15-23(18)26)25(30)28-13-5-6-19(16-28)17-31-22-8-4-7-20(14-22)24(29)27-11-2-3-12-27/h4,7-10,14-15,19H,2-3,5-6,11-13,16-17H2,1H3. The quantitative estimate of drug-likeness (QED) is 0.719. The second-order valence-corrected chi connectivity index (χ2v) is 8.56. The van der Waals surface area contributed by atoms with E-state index in [0.29, 0.717) is 42.1 Å². The molecule has 4 rings (SSSR count). The van der Waals surface area contributed by atoms with Gasteiger partial charge in [-0.1, -0.05) is 12.1 Å². The number of amides is 2. The zero-order valence-corrected chi connectivity index (χ0v) is 18.0. The maximum Gasteiger partial charge on any atom is 0.253 e. The summed E-state index contributed by atoms with van der Waals surface area (Å²) in [5.74, 6) is 0.440. The lowest BCUT2D eigenvalue weighted by Crippen LogP contribution is -2.41. The van der Waals surface area contributed by atoms with Crippen molar-refractivity contribution < 1.29 is 18.7 Å². The molecule has 5 nitrogen and oxygen atoms in total. The number of hydrogen-bond acceptors (Lipinski definition) is 3. The molecule has 2 aliphatic heterocycles. The molecule has 0 bridgehead atoms. The van der Waals surface area contributed by atoms with Crippen molar-refractivity contribution in [2.24, 2.45) is 5.92 Å². The molecule has 2 aromatic rings. The second-order valence-electron chi connectivity index (χ2n) is 8.56. The molecule has 0 N–H and O–H groups in total. The number of nitrogens with zero attached hydrogens (tertiary/aromatic N) is 2. The van der Waals surface area contributed by atoms with Gasteiger partial charge in [-0.25, -0.2) is 4.39 Å². The van der Waals surface area contributed by atoms with Gasteiger partial charge in [0.1, 0.15) is 11.6 Å². The molecule has 0 aromatic heterocycles. The number of piperidine rings is 1. The normalized spacial score (nSPS) is 18.8. The number of benzene rings is 2. The number of hydrogen-bond donors (Lipinski definition) is 0. The number of carbonyl (C=O) groups is 2. The van der Waals surface area contributed by atoms with Crippen LogP contribution >= 0.6 is 0 Å². The van der Waals surface area contributed by atoms with Crippen molar-refractivity contribution in [1.29, 1.82) is 0 Å². The van der Waals surface area contributed by atoms with Gasteiger partial charge in [0.15, 0.2) is 0 Å². The maximum absolute atomic E-state index is 13.9. The highest BCUT2D eigenvalue weighted by Gasteiger charge is 2.26. The number of carbonyl (C=O) groups excluding carboxylic acids is 2. The molecule has 2 fully saturated rings. The van der Waals surface area contributed by atoms with Gasteiger partial charge in [-0.2, -0.15) is 0 Å². The Morgan fingerprint density at radius 2 is 1.68 bits per heavy atom. The summed E-state index contributed by atoms with van der Waals surface area (Å²) >= 11 is 0. The lowest BCUT2D eigenvalue weighted by Gasteiger charge is -2.32. The average molecular weight is 425 g/mol. The van der Waals surface area contributed by atoms with E-state index in [1.165, 1.54) is 6.07 Å². The van der Waals surface area contributed by atoms with Crippen LogP contribution in [-0.2, 0) is 0 Å². The predicted octanol–water partition coefficient (Wildman–Crippen LogP) is 4.30. The zero-order chi connectivity index (χ0) is 21.8. The van der Waals surface area contributed by atoms with Crippen LogP contribution in [0.15, 0.2) is 42.5 Å². The summed E-state index contributed by atoms with van der Waals surface area (Å²) in [4.78, 5) is 29.1. The fourth-order valence-electron chi connectivity index (χ4n) is 4.33. The molecule has 2 heterocycles. The average Bonchev–Trinajstić information content (AvgIpc) is 3.34. The Hall–Kier alpha value is -2.89. The smallest absolute Gasteiger partial charge is 0.253 e. The molecule has 2 saturated heterocycles. The van der Waals surface area contributed by atoms with E-state index < -0.39 is 0 Å². The second kappa shape index (κ2) is 9.50. The Balaban J connectivity index is 1.34. The van der Waals surface area contributed by atoms with Crippen molar-refractivity contribution >= 4 is 11.8 Å². The molecule has 0 radical (unpaired) electrons. The van der Waals surface area contributed by atoms with E-state index in [9.17, 15) is 14.0 Å².